The van der Waals surface area contributed by atoms with Gasteiger partial charge in [0.1, 0.15) is 11.8 Å². The molecule has 4 nitrogen and oxygen atoms in total. The maximum absolute atomic E-state index is 11.2. The Morgan fingerprint density at radius 1 is 1.33 bits per heavy atom. The minimum absolute atomic E-state index is 0.155. The van der Waals surface area contributed by atoms with Gasteiger partial charge in [0.25, 0.3) is 0 Å². The van der Waals surface area contributed by atoms with Gasteiger partial charge in [0.2, 0.25) is 0 Å². The molecule has 100 valence electrons. The number of esters is 1. The van der Waals surface area contributed by atoms with Crippen molar-refractivity contribution in [2.75, 3.05) is 7.11 Å². The molecule has 0 unspecified atom stereocenters. The lowest BCUT2D eigenvalue weighted by molar-refractivity contribution is -0.142. The third-order valence-electron chi connectivity index (χ3n) is 2.44. The summed E-state index contributed by atoms with van der Waals surface area (Å²) >= 11 is 0. The Morgan fingerprint density at radius 3 is 2.67 bits per heavy atom. The van der Waals surface area contributed by atoms with Crippen LogP contribution in [0.5, 0.6) is 5.75 Å². The first-order chi connectivity index (χ1) is 8.52. The van der Waals surface area contributed by atoms with Crippen LogP contribution in [0, 0.1) is 0 Å². The minimum atomic E-state index is -0.315. The van der Waals surface area contributed by atoms with Crippen LogP contribution in [-0.2, 0) is 16.1 Å². The molecule has 1 aromatic rings. The van der Waals surface area contributed by atoms with Gasteiger partial charge in [-0.3, -0.25) is 4.79 Å². The average molecular weight is 251 g/mol. The quantitative estimate of drug-likeness (QED) is 0.787. The summed E-state index contributed by atoms with van der Waals surface area (Å²) in [7, 11) is 1.39. The van der Waals surface area contributed by atoms with Gasteiger partial charge in [-0.2, -0.15) is 0 Å². The first-order valence-corrected chi connectivity index (χ1v) is 6.09. The molecule has 1 rings (SSSR count). The number of rotatable bonds is 6. The monoisotopic (exact) mass is 251 g/mol. The van der Waals surface area contributed by atoms with Crippen LogP contribution in [-0.4, -0.2) is 25.2 Å². The number of carbonyl (C=O) groups is 1. The Morgan fingerprint density at radius 2 is 2.06 bits per heavy atom. The summed E-state index contributed by atoms with van der Waals surface area (Å²) in [4.78, 5) is 11.2. The number of benzene rings is 1. The van der Waals surface area contributed by atoms with E-state index in [4.69, 9.17) is 4.74 Å². The molecule has 18 heavy (non-hydrogen) atoms. The van der Waals surface area contributed by atoms with Crippen LogP contribution in [0.3, 0.4) is 0 Å². The van der Waals surface area contributed by atoms with E-state index in [0.29, 0.717) is 6.54 Å². The van der Waals surface area contributed by atoms with Crippen molar-refractivity contribution < 1.29 is 14.3 Å². The van der Waals surface area contributed by atoms with Gasteiger partial charge >= 0.3 is 5.97 Å². The molecule has 0 aromatic heterocycles. The van der Waals surface area contributed by atoms with Gasteiger partial charge in [-0.05, 0) is 38.5 Å². The summed E-state index contributed by atoms with van der Waals surface area (Å²) in [6, 6.07) is 7.51. The fourth-order valence-electron chi connectivity index (χ4n) is 1.53. The second kappa shape index (κ2) is 7.01. The van der Waals surface area contributed by atoms with Crippen LogP contribution in [0.2, 0.25) is 0 Å². The highest BCUT2D eigenvalue weighted by atomic mass is 16.5. The van der Waals surface area contributed by atoms with Crippen molar-refractivity contribution in [1.29, 1.82) is 0 Å². The van der Waals surface area contributed by atoms with Crippen LogP contribution in [0.4, 0.5) is 0 Å². The SMILES string of the molecule is COC(=O)[C@H](C)NCc1cccc(OC(C)C)c1. The van der Waals surface area contributed by atoms with E-state index in [2.05, 4.69) is 10.1 Å². The fourth-order valence-corrected chi connectivity index (χ4v) is 1.53. The molecule has 0 heterocycles. The van der Waals surface area contributed by atoms with Crippen LogP contribution in [0.15, 0.2) is 24.3 Å². The molecule has 0 fully saturated rings. The van der Waals surface area contributed by atoms with E-state index in [-0.39, 0.29) is 18.1 Å². The molecule has 1 atom stereocenters. The van der Waals surface area contributed by atoms with Gasteiger partial charge in [-0.15, -0.1) is 0 Å². The van der Waals surface area contributed by atoms with Crippen molar-refractivity contribution in [2.24, 2.45) is 0 Å². The van der Waals surface area contributed by atoms with Crippen LogP contribution in [0.1, 0.15) is 26.3 Å². The van der Waals surface area contributed by atoms with Crippen molar-refractivity contribution >= 4 is 5.97 Å². The normalized spacial score (nSPS) is 12.3. The number of methoxy groups -OCH3 is 1. The highest BCUT2D eigenvalue weighted by Crippen LogP contribution is 2.14. The first-order valence-electron chi connectivity index (χ1n) is 6.09. The number of nitrogens with one attached hydrogen (secondary N) is 1. The van der Waals surface area contributed by atoms with E-state index >= 15 is 0 Å². The van der Waals surface area contributed by atoms with E-state index < -0.39 is 0 Å². The van der Waals surface area contributed by atoms with Crippen LogP contribution in [0.25, 0.3) is 0 Å². The number of ether oxygens (including phenoxy) is 2. The zero-order valence-electron chi connectivity index (χ0n) is 11.4. The molecule has 0 amide bonds. The molecule has 1 aromatic carbocycles. The third-order valence-corrected chi connectivity index (χ3v) is 2.44. The molecule has 4 heteroatoms. The maximum atomic E-state index is 11.2. The molecule has 0 saturated carbocycles. The minimum Gasteiger partial charge on any atom is -0.491 e. The van der Waals surface area contributed by atoms with Gasteiger partial charge in [-0.25, -0.2) is 0 Å². The van der Waals surface area contributed by atoms with Gasteiger partial charge in [0.05, 0.1) is 13.2 Å². The lowest BCUT2D eigenvalue weighted by atomic mass is 10.2. The largest absolute Gasteiger partial charge is 0.491 e. The Kier molecular flexibility index (Phi) is 5.65. The zero-order valence-corrected chi connectivity index (χ0v) is 11.4. The number of hydrogen-bond acceptors (Lipinski definition) is 4. The molecule has 0 spiro atoms. The fraction of sp³-hybridized carbons (Fsp3) is 0.500. The van der Waals surface area contributed by atoms with Crippen LogP contribution >= 0.6 is 0 Å². The summed E-state index contributed by atoms with van der Waals surface area (Å²) < 4.78 is 10.3. The Balaban J connectivity index is 2.54. The highest BCUT2D eigenvalue weighted by Gasteiger charge is 2.11. The molecule has 0 saturated heterocycles. The number of carbonyl (C=O) groups excluding carboxylic acids is 1. The summed E-state index contributed by atoms with van der Waals surface area (Å²) in [6.45, 7) is 6.36. The molecular weight excluding hydrogens is 230 g/mol. The topological polar surface area (TPSA) is 47.6 Å². The number of hydrogen-bond donors (Lipinski definition) is 1. The predicted octanol–water partition coefficient (Wildman–Crippen LogP) is 2.12. The lowest BCUT2D eigenvalue weighted by Crippen LogP contribution is -2.34. The van der Waals surface area contributed by atoms with Gasteiger partial charge in [0, 0.05) is 6.54 Å². The summed E-state index contributed by atoms with van der Waals surface area (Å²) in [6.07, 6.45) is 0.155. The highest BCUT2D eigenvalue weighted by molar-refractivity contribution is 5.75. The average Bonchev–Trinajstić information content (AvgIpc) is 2.34. The molecule has 0 aliphatic carbocycles. The van der Waals surface area contributed by atoms with E-state index in [1.54, 1.807) is 6.92 Å². The van der Waals surface area contributed by atoms with Crippen molar-refractivity contribution in [2.45, 2.75) is 39.5 Å². The molecule has 0 aliphatic rings. The van der Waals surface area contributed by atoms with E-state index in [9.17, 15) is 4.79 Å². The summed E-state index contributed by atoms with van der Waals surface area (Å²) in [5, 5.41) is 3.10. The lowest BCUT2D eigenvalue weighted by Gasteiger charge is -2.13. The Bertz CT molecular complexity index is 390. The van der Waals surface area contributed by atoms with E-state index in [0.717, 1.165) is 11.3 Å². The molecule has 0 bridgehead atoms. The standard InChI is InChI=1S/C14H21NO3/c1-10(2)18-13-7-5-6-12(8-13)9-15-11(3)14(16)17-4/h5-8,10-11,15H,9H2,1-4H3/t11-/m0/s1. The van der Waals surface area contributed by atoms with Crippen LogP contribution < -0.4 is 10.1 Å². The van der Waals surface area contributed by atoms with Crippen molar-refractivity contribution in [3.8, 4) is 5.75 Å². The Labute approximate surface area is 108 Å². The zero-order chi connectivity index (χ0) is 13.5. The van der Waals surface area contributed by atoms with E-state index in [1.165, 1.54) is 7.11 Å². The summed E-state index contributed by atoms with van der Waals surface area (Å²) in [5.74, 6) is 0.583. The van der Waals surface area contributed by atoms with Gasteiger partial charge < -0.3 is 14.8 Å². The van der Waals surface area contributed by atoms with Crippen molar-refractivity contribution in [3.05, 3.63) is 29.8 Å². The second-order valence-corrected chi connectivity index (χ2v) is 4.44. The third kappa shape index (κ3) is 4.75. The Hall–Kier alpha value is -1.55. The second-order valence-electron chi connectivity index (χ2n) is 4.44. The van der Waals surface area contributed by atoms with Crippen molar-refractivity contribution in [1.82, 2.24) is 5.32 Å². The predicted molar refractivity (Wildman–Crippen MR) is 70.5 cm³/mol. The molecule has 1 N–H and O–H groups in total. The van der Waals surface area contributed by atoms with E-state index in [1.807, 2.05) is 38.1 Å². The first kappa shape index (κ1) is 14.5. The summed E-state index contributed by atoms with van der Waals surface area (Å²) in [5.41, 5.74) is 1.07. The molecule has 0 aliphatic heterocycles. The molecule has 0 radical (unpaired) electrons. The molecular formula is C14H21NO3. The smallest absolute Gasteiger partial charge is 0.322 e. The van der Waals surface area contributed by atoms with Gasteiger partial charge in [0.15, 0.2) is 0 Å². The maximum Gasteiger partial charge on any atom is 0.322 e. The van der Waals surface area contributed by atoms with Gasteiger partial charge in [-0.1, -0.05) is 12.1 Å². The van der Waals surface area contributed by atoms with Crippen molar-refractivity contribution in [3.63, 3.8) is 0 Å².